The number of likely N-dealkylation sites (N-methyl/N-ethyl adjacent to an activating group) is 1. The molecule has 0 aliphatic carbocycles. The lowest BCUT2D eigenvalue weighted by Crippen LogP contribution is -2.39. The van der Waals surface area contributed by atoms with Crippen LogP contribution in [0, 0.1) is 0 Å². The van der Waals surface area contributed by atoms with Crippen LogP contribution in [0.3, 0.4) is 0 Å². The molecule has 1 atom stereocenters. The van der Waals surface area contributed by atoms with E-state index in [4.69, 9.17) is 0 Å². The molecule has 1 heterocycles. The van der Waals surface area contributed by atoms with Crippen molar-refractivity contribution < 1.29 is 13.6 Å². The predicted octanol–water partition coefficient (Wildman–Crippen LogP) is 0.0718. The Labute approximate surface area is 69.7 Å². The smallest absolute Gasteiger partial charge is 0.262 e. The maximum Gasteiger partial charge on any atom is 0.262 e. The van der Waals surface area contributed by atoms with Crippen molar-refractivity contribution >= 4 is 5.91 Å². The van der Waals surface area contributed by atoms with Gasteiger partial charge in [0.1, 0.15) is 0 Å². The molecule has 0 bridgehead atoms. The van der Waals surface area contributed by atoms with Crippen molar-refractivity contribution in [1.29, 1.82) is 0 Å². The first kappa shape index (κ1) is 9.38. The monoisotopic (exact) mass is 178 g/mol. The van der Waals surface area contributed by atoms with Crippen LogP contribution in [0.25, 0.3) is 0 Å². The quantitative estimate of drug-likeness (QED) is 0.616. The molecular weight excluding hydrogens is 166 g/mol. The van der Waals surface area contributed by atoms with E-state index in [1.807, 2.05) is 0 Å². The van der Waals surface area contributed by atoms with E-state index in [1.54, 1.807) is 14.1 Å². The number of alkyl halides is 2. The fourth-order valence-electron chi connectivity index (χ4n) is 1.20. The Morgan fingerprint density at radius 2 is 2.17 bits per heavy atom. The summed E-state index contributed by atoms with van der Waals surface area (Å²) in [5.74, 6) is -3.01. The highest BCUT2D eigenvalue weighted by Gasteiger charge is 2.42. The molecule has 1 unspecified atom stereocenters. The summed E-state index contributed by atoms with van der Waals surface area (Å²) >= 11 is 0. The van der Waals surface area contributed by atoms with Crippen LogP contribution in [0.15, 0.2) is 0 Å². The number of nitrogens with one attached hydrogen (secondary N) is 1. The molecule has 1 aliphatic rings. The van der Waals surface area contributed by atoms with E-state index in [0.717, 1.165) is 0 Å². The first-order valence-electron chi connectivity index (χ1n) is 3.75. The van der Waals surface area contributed by atoms with Gasteiger partial charge in [-0.15, -0.1) is 0 Å². The van der Waals surface area contributed by atoms with E-state index in [2.05, 4.69) is 5.32 Å². The number of rotatable bonds is 1. The van der Waals surface area contributed by atoms with Crippen molar-refractivity contribution in [1.82, 2.24) is 10.2 Å². The zero-order valence-electron chi connectivity index (χ0n) is 7.10. The molecule has 1 rings (SSSR count). The number of carbonyl (C=O) groups is 1. The summed E-state index contributed by atoms with van der Waals surface area (Å²) < 4.78 is 25.2. The summed E-state index contributed by atoms with van der Waals surface area (Å²) in [6.45, 7) is -0.392. The lowest BCUT2D eigenvalue weighted by atomic mass is 10.2. The predicted molar refractivity (Wildman–Crippen MR) is 40.0 cm³/mol. The minimum atomic E-state index is -2.73. The molecule has 12 heavy (non-hydrogen) atoms. The maximum absolute atomic E-state index is 12.6. The number of amides is 1. The van der Waals surface area contributed by atoms with Gasteiger partial charge in [0.25, 0.3) is 5.92 Å². The summed E-state index contributed by atoms with van der Waals surface area (Å²) in [6, 6.07) is -0.713. The van der Waals surface area contributed by atoms with Crippen molar-refractivity contribution in [3.63, 3.8) is 0 Å². The van der Waals surface area contributed by atoms with Crippen molar-refractivity contribution in [3.05, 3.63) is 0 Å². The maximum atomic E-state index is 12.6. The second-order valence-electron chi connectivity index (χ2n) is 3.23. The van der Waals surface area contributed by atoms with Crippen molar-refractivity contribution in [3.8, 4) is 0 Å². The van der Waals surface area contributed by atoms with Crippen LogP contribution in [-0.2, 0) is 4.79 Å². The number of hydrogen-bond donors (Lipinski definition) is 1. The first-order chi connectivity index (χ1) is 5.42. The summed E-state index contributed by atoms with van der Waals surface area (Å²) in [7, 11) is 3.11. The first-order valence-corrected chi connectivity index (χ1v) is 3.75. The molecule has 5 heteroatoms. The third-order valence-corrected chi connectivity index (χ3v) is 1.85. The molecule has 70 valence electrons. The van der Waals surface area contributed by atoms with Gasteiger partial charge in [0.2, 0.25) is 5.91 Å². The Morgan fingerprint density at radius 1 is 1.58 bits per heavy atom. The summed E-state index contributed by atoms with van der Waals surface area (Å²) in [4.78, 5) is 12.5. The molecule has 1 fully saturated rings. The molecule has 1 amide bonds. The third kappa shape index (κ3) is 1.91. The molecular formula is C7H12F2N2O. The van der Waals surface area contributed by atoms with Crippen LogP contribution in [-0.4, -0.2) is 43.4 Å². The largest absolute Gasteiger partial charge is 0.347 e. The number of halogens is 2. The molecule has 0 radical (unpaired) electrons. The average molecular weight is 178 g/mol. The van der Waals surface area contributed by atoms with Gasteiger partial charge in [-0.25, -0.2) is 8.78 Å². The molecule has 0 aromatic carbocycles. The lowest BCUT2D eigenvalue weighted by molar-refractivity contribution is -0.131. The van der Waals surface area contributed by atoms with Crippen LogP contribution in [0.1, 0.15) is 6.42 Å². The van der Waals surface area contributed by atoms with Gasteiger partial charge < -0.3 is 4.90 Å². The van der Waals surface area contributed by atoms with Crippen LogP contribution < -0.4 is 5.32 Å². The van der Waals surface area contributed by atoms with Gasteiger partial charge in [-0.05, 0) is 0 Å². The topological polar surface area (TPSA) is 32.3 Å². The second kappa shape index (κ2) is 2.97. The van der Waals surface area contributed by atoms with Gasteiger partial charge in [0.15, 0.2) is 0 Å². The molecule has 0 aromatic heterocycles. The van der Waals surface area contributed by atoms with Crippen LogP contribution in [0.2, 0.25) is 0 Å². The van der Waals surface area contributed by atoms with Crippen molar-refractivity contribution in [2.45, 2.75) is 18.4 Å². The minimum absolute atomic E-state index is 0.285. The molecule has 1 aliphatic heterocycles. The SMILES string of the molecule is CN(C)C(=O)C1CC(F)(F)CN1. The second-order valence-corrected chi connectivity index (χ2v) is 3.23. The summed E-state index contributed by atoms with van der Waals surface area (Å²) in [6.07, 6.45) is -0.385. The van der Waals surface area contributed by atoms with E-state index < -0.39 is 18.5 Å². The molecule has 0 aromatic rings. The Kier molecular flexibility index (Phi) is 2.32. The highest BCUT2D eigenvalue weighted by molar-refractivity contribution is 5.81. The van der Waals surface area contributed by atoms with Gasteiger partial charge >= 0.3 is 0 Å². The van der Waals surface area contributed by atoms with E-state index in [0.29, 0.717) is 0 Å². The van der Waals surface area contributed by atoms with E-state index in [1.165, 1.54) is 4.90 Å². The van der Waals surface area contributed by atoms with E-state index in [-0.39, 0.29) is 12.3 Å². The Hall–Kier alpha value is -0.710. The zero-order valence-corrected chi connectivity index (χ0v) is 7.10. The molecule has 1 saturated heterocycles. The Bertz CT molecular complexity index is 194. The van der Waals surface area contributed by atoms with Crippen molar-refractivity contribution in [2.24, 2.45) is 0 Å². The zero-order chi connectivity index (χ0) is 9.35. The molecule has 0 saturated carbocycles. The Morgan fingerprint density at radius 3 is 2.50 bits per heavy atom. The number of nitrogens with zero attached hydrogens (tertiary/aromatic N) is 1. The van der Waals surface area contributed by atoms with Crippen LogP contribution in [0.5, 0.6) is 0 Å². The van der Waals surface area contributed by atoms with Gasteiger partial charge in [0, 0.05) is 20.5 Å². The van der Waals surface area contributed by atoms with Crippen LogP contribution >= 0.6 is 0 Å². The standard InChI is InChI=1S/C7H12F2N2O/c1-11(2)6(12)5-3-7(8,9)4-10-5/h5,10H,3-4H2,1-2H3. The molecule has 3 nitrogen and oxygen atoms in total. The fraction of sp³-hybridized carbons (Fsp3) is 0.857. The average Bonchev–Trinajstić information content (AvgIpc) is 2.28. The summed E-state index contributed by atoms with van der Waals surface area (Å²) in [5.41, 5.74) is 0. The highest BCUT2D eigenvalue weighted by Crippen LogP contribution is 2.25. The normalized spacial score (nSPS) is 27.2. The summed E-state index contributed by atoms with van der Waals surface area (Å²) in [5, 5.41) is 2.49. The van der Waals surface area contributed by atoms with Gasteiger partial charge in [-0.3, -0.25) is 10.1 Å². The molecule has 0 spiro atoms. The van der Waals surface area contributed by atoms with Crippen molar-refractivity contribution in [2.75, 3.05) is 20.6 Å². The van der Waals surface area contributed by atoms with E-state index >= 15 is 0 Å². The third-order valence-electron chi connectivity index (χ3n) is 1.85. The lowest BCUT2D eigenvalue weighted by Gasteiger charge is -2.15. The van der Waals surface area contributed by atoms with Crippen LogP contribution in [0.4, 0.5) is 8.78 Å². The highest BCUT2D eigenvalue weighted by atomic mass is 19.3. The van der Waals surface area contributed by atoms with Gasteiger partial charge in [0.05, 0.1) is 12.6 Å². The molecule has 1 N–H and O–H groups in total. The number of hydrogen-bond acceptors (Lipinski definition) is 2. The Balaban J connectivity index is 2.53. The van der Waals surface area contributed by atoms with E-state index in [9.17, 15) is 13.6 Å². The fourth-order valence-corrected chi connectivity index (χ4v) is 1.20. The minimum Gasteiger partial charge on any atom is -0.347 e. The van der Waals surface area contributed by atoms with Gasteiger partial charge in [-0.1, -0.05) is 0 Å². The number of carbonyl (C=O) groups excluding carboxylic acids is 1. The van der Waals surface area contributed by atoms with Gasteiger partial charge in [-0.2, -0.15) is 0 Å².